The average Bonchev–Trinajstić information content (AvgIpc) is 2.46. The third-order valence-corrected chi connectivity index (χ3v) is 3.30. The number of pyridine rings is 1. The van der Waals surface area contributed by atoms with Gasteiger partial charge in [-0.15, -0.1) is 0 Å². The number of hydrogen-bond acceptors (Lipinski definition) is 6. The first-order chi connectivity index (χ1) is 10.4. The molecule has 0 amide bonds. The highest BCUT2D eigenvalue weighted by Gasteiger charge is 2.20. The fourth-order valence-electron chi connectivity index (χ4n) is 2.25. The van der Waals surface area contributed by atoms with Gasteiger partial charge in [0.2, 0.25) is 0 Å². The Morgan fingerprint density at radius 3 is 2.36 bits per heavy atom. The molecule has 108 valence electrons. The summed E-state index contributed by atoms with van der Waals surface area (Å²) in [6.07, 6.45) is 0. The van der Waals surface area contributed by atoms with Gasteiger partial charge in [0.1, 0.15) is 29.1 Å². The van der Waals surface area contributed by atoms with Crippen LogP contribution in [-0.2, 0) is 0 Å². The van der Waals surface area contributed by atoms with Crippen molar-refractivity contribution in [1.29, 1.82) is 10.5 Å². The lowest BCUT2D eigenvalue weighted by Crippen LogP contribution is -2.32. The second-order valence-corrected chi connectivity index (χ2v) is 4.66. The summed E-state index contributed by atoms with van der Waals surface area (Å²) in [5, 5.41) is 36.9. The first-order valence-corrected chi connectivity index (χ1v) is 6.23. The highest BCUT2D eigenvalue weighted by atomic mass is 16.4. The van der Waals surface area contributed by atoms with Crippen LogP contribution in [-0.4, -0.2) is 22.2 Å². The van der Waals surface area contributed by atoms with Crippen molar-refractivity contribution in [1.82, 2.24) is 4.98 Å². The number of anilines is 1. The second kappa shape index (κ2) is 5.74. The van der Waals surface area contributed by atoms with Gasteiger partial charge in [0.25, 0.3) is 5.56 Å². The summed E-state index contributed by atoms with van der Waals surface area (Å²) in [6.45, 7) is 1.65. The van der Waals surface area contributed by atoms with Gasteiger partial charge in [-0.05, 0) is 17.9 Å². The van der Waals surface area contributed by atoms with Crippen molar-refractivity contribution < 1.29 is 10.0 Å². The zero-order chi connectivity index (χ0) is 16.4. The van der Waals surface area contributed by atoms with Crippen LogP contribution in [0, 0.1) is 29.6 Å². The maximum Gasteiger partial charge on any atom is 0.488 e. The largest absolute Gasteiger partial charge is 0.488 e. The minimum absolute atomic E-state index is 0.00662. The molecular formula is C14H11BN4O3. The standard InChI is InChI=1S/C14H11BN4O3/c1-7-4-8(2-3-11(7)15(21)22)12-9(5-16)13(18)19-14(20)10(12)6-17/h2-4,21-22H,1H3,(H3,18,19,20). The Morgan fingerprint density at radius 2 is 1.86 bits per heavy atom. The number of nitrogens with zero attached hydrogens (tertiary/aromatic N) is 2. The summed E-state index contributed by atoms with van der Waals surface area (Å²) in [7, 11) is -1.64. The fraction of sp³-hybridized carbons (Fsp3) is 0.0714. The monoisotopic (exact) mass is 294 g/mol. The zero-order valence-electron chi connectivity index (χ0n) is 11.6. The van der Waals surface area contributed by atoms with E-state index in [2.05, 4.69) is 4.98 Å². The SMILES string of the molecule is Cc1cc(-c2c(C#N)c(N)[nH]c(=O)c2C#N)ccc1B(O)O. The molecule has 0 spiro atoms. The highest BCUT2D eigenvalue weighted by molar-refractivity contribution is 6.59. The number of nitriles is 2. The maximum absolute atomic E-state index is 11.8. The number of rotatable bonds is 2. The van der Waals surface area contributed by atoms with Crippen LogP contribution in [0.15, 0.2) is 23.0 Å². The van der Waals surface area contributed by atoms with E-state index in [9.17, 15) is 25.4 Å². The number of hydrogen-bond donors (Lipinski definition) is 4. The van der Waals surface area contributed by atoms with E-state index in [1.165, 1.54) is 12.1 Å². The normalized spacial score (nSPS) is 9.86. The number of aryl methyl sites for hydroxylation is 1. The molecule has 0 atom stereocenters. The molecule has 0 radical (unpaired) electrons. The summed E-state index contributed by atoms with van der Waals surface area (Å²) in [4.78, 5) is 14.1. The number of benzene rings is 1. The maximum atomic E-state index is 11.8. The molecule has 8 heteroatoms. The number of nitrogens with two attached hydrogens (primary N) is 1. The molecule has 0 fully saturated rings. The van der Waals surface area contributed by atoms with Crippen molar-refractivity contribution in [2.45, 2.75) is 6.92 Å². The second-order valence-electron chi connectivity index (χ2n) is 4.66. The minimum atomic E-state index is -1.64. The van der Waals surface area contributed by atoms with E-state index < -0.39 is 12.7 Å². The van der Waals surface area contributed by atoms with Crippen molar-refractivity contribution in [2.24, 2.45) is 0 Å². The molecule has 0 saturated carbocycles. The van der Waals surface area contributed by atoms with E-state index >= 15 is 0 Å². The van der Waals surface area contributed by atoms with E-state index in [1.54, 1.807) is 19.1 Å². The molecule has 7 nitrogen and oxygen atoms in total. The molecule has 0 aliphatic rings. The third kappa shape index (κ3) is 2.45. The number of aromatic amines is 1. The Bertz CT molecular complexity index is 891. The lowest BCUT2D eigenvalue weighted by Gasteiger charge is -2.11. The van der Waals surface area contributed by atoms with Gasteiger partial charge in [-0.25, -0.2) is 0 Å². The van der Waals surface area contributed by atoms with Crippen LogP contribution >= 0.6 is 0 Å². The molecule has 2 rings (SSSR count). The molecular weight excluding hydrogens is 283 g/mol. The number of nitrogens with one attached hydrogen (secondary N) is 1. The predicted molar refractivity (Wildman–Crippen MR) is 80.9 cm³/mol. The number of aromatic nitrogens is 1. The van der Waals surface area contributed by atoms with E-state index in [0.717, 1.165) is 0 Å². The Balaban J connectivity index is 2.84. The minimum Gasteiger partial charge on any atom is -0.423 e. The molecule has 0 aliphatic carbocycles. The van der Waals surface area contributed by atoms with E-state index in [1.807, 2.05) is 6.07 Å². The number of H-pyrrole nitrogens is 1. The van der Waals surface area contributed by atoms with Gasteiger partial charge in [-0.1, -0.05) is 23.8 Å². The van der Waals surface area contributed by atoms with Crippen molar-refractivity contribution in [3.05, 3.63) is 45.2 Å². The van der Waals surface area contributed by atoms with Crippen molar-refractivity contribution in [2.75, 3.05) is 5.73 Å². The molecule has 2 aromatic rings. The first-order valence-electron chi connectivity index (χ1n) is 6.23. The summed E-state index contributed by atoms with van der Waals surface area (Å²) in [5.74, 6) is -0.120. The molecule has 5 N–H and O–H groups in total. The molecule has 1 aromatic heterocycles. The fourth-order valence-corrected chi connectivity index (χ4v) is 2.25. The topological polar surface area (TPSA) is 147 Å². The highest BCUT2D eigenvalue weighted by Crippen LogP contribution is 2.28. The Kier molecular flexibility index (Phi) is 4.00. The van der Waals surface area contributed by atoms with Gasteiger partial charge >= 0.3 is 7.12 Å². The van der Waals surface area contributed by atoms with Gasteiger partial charge in [0.05, 0.1) is 0 Å². The van der Waals surface area contributed by atoms with Gasteiger partial charge in [0, 0.05) is 5.56 Å². The summed E-state index contributed by atoms with van der Waals surface area (Å²) in [5.41, 5.74) is 6.12. The average molecular weight is 294 g/mol. The smallest absolute Gasteiger partial charge is 0.423 e. The molecule has 0 unspecified atom stereocenters. The summed E-state index contributed by atoms with van der Waals surface area (Å²) in [6, 6.07) is 8.16. The molecule has 1 heterocycles. The van der Waals surface area contributed by atoms with Crippen molar-refractivity contribution in [3.63, 3.8) is 0 Å². The molecule has 0 saturated heterocycles. The van der Waals surface area contributed by atoms with Crippen molar-refractivity contribution >= 4 is 18.4 Å². The van der Waals surface area contributed by atoms with Crippen molar-refractivity contribution in [3.8, 4) is 23.3 Å². The van der Waals surface area contributed by atoms with E-state index in [4.69, 9.17) is 5.73 Å². The lowest BCUT2D eigenvalue weighted by atomic mass is 9.76. The van der Waals surface area contributed by atoms with Gasteiger partial charge in [-0.2, -0.15) is 10.5 Å². The van der Waals surface area contributed by atoms with Crippen LogP contribution in [0.5, 0.6) is 0 Å². The van der Waals surface area contributed by atoms with Crippen LogP contribution in [0.1, 0.15) is 16.7 Å². The Hall–Kier alpha value is -3.07. The molecule has 22 heavy (non-hydrogen) atoms. The van der Waals surface area contributed by atoms with Gasteiger partial charge < -0.3 is 20.8 Å². The summed E-state index contributed by atoms with van der Waals surface area (Å²) >= 11 is 0. The lowest BCUT2D eigenvalue weighted by molar-refractivity contribution is 0.425. The van der Waals surface area contributed by atoms with Crippen LogP contribution in [0.3, 0.4) is 0 Å². The molecule has 0 bridgehead atoms. The van der Waals surface area contributed by atoms with Gasteiger partial charge in [0.15, 0.2) is 0 Å². The predicted octanol–water partition coefficient (Wildman–Crippen LogP) is -0.644. The first kappa shape index (κ1) is 15.3. The van der Waals surface area contributed by atoms with E-state index in [-0.39, 0.29) is 22.5 Å². The Labute approximate surface area is 126 Å². The van der Waals surface area contributed by atoms with Crippen LogP contribution in [0.4, 0.5) is 5.82 Å². The van der Waals surface area contributed by atoms with Crippen LogP contribution in [0.25, 0.3) is 11.1 Å². The molecule has 0 aliphatic heterocycles. The zero-order valence-corrected chi connectivity index (χ0v) is 11.6. The van der Waals surface area contributed by atoms with Gasteiger partial charge in [-0.3, -0.25) is 4.79 Å². The summed E-state index contributed by atoms with van der Waals surface area (Å²) < 4.78 is 0. The number of nitrogen functional groups attached to an aromatic ring is 1. The quantitative estimate of drug-likeness (QED) is 0.541. The molecule has 1 aromatic carbocycles. The third-order valence-electron chi connectivity index (χ3n) is 3.30. The van der Waals surface area contributed by atoms with Crippen LogP contribution < -0.4 is 16.8 Å². The van der Waals surface area contributed by atoms with Crippen LogP contribution in [0.2, 0.25) is 0 Å². The Morgan fingerprint density at radius 1 is 1.23 bits per heavy atom. The van der Waals surface area contributed by atoms with E-state index in [0.29, 0.717) is 16.6 Å².